The zero-order valence-corrected chi connectivity index (χ0v) is 12.4. The first-order valence-corrected chi connectivity index (χ1v) is 7.73. The van der Waals surface area contributed by atoms with E-state index in [1.54, 1.807) is 0 Å². The fourth-order valence-corrected chi connectivity index (χ4v) is 3.36. The maximum atomic E-state index is 6.06. The second-order valence-electron chi connectivity index (χ2n) is 5.62. The summed E-state index contributed by atoms with van der Waals surface area (Å²) in [6.07, 6.45) is 2.18. The molecule has 1 N–H and O–H groups in total. The van der Waals surface area contributed by atoms with Crippen LogP contribution in [0.2, 0.25) is 5.02 Å². The lowest BCUT2D eigenvalue weighted by molar-refractivity contribution is 0.167. The molecule has 6 heteroatoms. The Morgan fingerprint density at radius 3 is 3.10 bits per heavy atom. The molecule has 2 unspecified atom stereocenters. The maximum absolute atomic E-state index is 6.06. The van der Waals surface area contributed by atoms with Gasteiger partial charge in [-0.1, -0.05) is 23.7 Å². The summed E-state index contributed by atoms with van der Waals surface area (Å²) in [6.45, 7) is 2.63. The highest BCUT2D eigenvalue weighted by atomic mass is 35.5. The number of aromatic nitrogens is 3. The molecule has 2 aliphatic rings. The highest BCUT2D eigenvalue weighted by molar-refractivity contribution is 6.30. The van der Waals surface area contributed by atoms with E-state index in [0.29, 0.717) is 17.0 Å². The lowest BCUT2D eigenvalue weighted by Crippen LogP contribution is -2.29. The van der Waals surface area contributed by atoms with E-state index in [1.165, 1.54) is 0 Å². The van der Waals surface area contributed by atoms with Crippen LogP contribution in [0.15, 0.2) is 24.3 Å². The molecule has 1 aromatic heterocycles. The van der Waals surface area contributed by atoms with E-state index >= 15 is 0 Å². The van der Waals surface area contributed by atoms with Crippen LogP contribution < -0.4 is 5.32 Å². The number of hydrogen-bond donors (Lipinski definition) is 1. The second kappa shape index (κ2) is 5.31. The van der Waals surface area contributed by atoms with E-state index in [2.05, 4.69) is 10.3 Å². The van der Waals surface area contributed by atoms with E-state index in [-0.39, 0.29) is 0 Å². The molecule has 2 atom stereocenters. The van der Waals surface area contributed by atoms with Crippen LogP contribution in [-0.4, -0.2) is 34.5 Å². The minimum absolute atomic E-state index is 0.379. The summed E-state index contributed by atoms with van der Waals surface area (Å²) in [5.74, 6) is 2.12. The van der Waals surface area contributed by atoms with Crippen LogP contribution in [0.5, 0.6) is 0 Å². The molecule has 0 bridgehead atoms. The van der Waals surface area contributed by atoms with Gasteiger partial charge in [-0.2, -0.15) is 4.98 Å². The van der Waals surface area contributed by atoms with Crippen LogP contribution >= 0.6 is 11.6 Å². The van der Waals surface area contributed by atoms with Crippen molar-refractivity contribution in [3.8, 4) is 11.4 Å². The van der Waals surface area contributed by atoms with Crippen LogP contribution in [-0.2, 0) is 4.74 Å². The normalized spacial score (nSPS) is 24.6. The molecule has 1 saturated heterocycles. The number of ether oxygens (including phenoxy) is 1. The SMILES string of the molecule is Clc1cccc(-c2nc3n(n2)C(C2CCOC2)CCN3)c1. The molecule has 110 valence electrons. The molecule has 0 amide bonds. The molecule has 4 rings (SSSR count). The molecule has 1 fully saturated rings. The Balaban J connectivity index is 1.70. The number of fused-ring (bicyclic) bond motifs is 1. The van der Waals surface area contributed by atoms with Crippen molar-refractivity contribution in [3.05, 3.63) is 29.3 Å². The van der Waals surface area contributed by atoms with Gasteiger partial charge in [0.1, 0.15) is 0 Å². The number of benzene rings is 1. The third kappa shape index (κ3) is 2.40. The van der Waals surface area contributed by atoms with Crippen LogP contribution in [0, 0.1) is 5.92 Å². The molecule has 0 radical (unpaired) electrons. The van der Waals surface area contributed by atoms with E-state index in [1.807, 2.05) is 28.9 Å². The van der Waals surface area contributed by atoms with Crippen molar-refractivity contribution < 1.29 is 4.74 Å². The van der Waals surface area contributed by atoms with Crippen LogP contribution in [0.4, 0.5) is 5.95 Å². The first-order chi connectivity index (χ1) is 10.3. The van der Waals surface area contributed by atoms with E-state index in [9.17, 15) is 0 Å². The molecule has 1 aromatic carbocycles. The quantitative estimate of drug-likeness (QED) is 0.926. The number of rotatable bonds is 2. The van der Waals surface area contributed by atoms with Gasteiger partial charge in [-0.05, 0) is 25.0 Å². The Labute approximate surface area is 128 Å². The van der Waals surface area contributed by atoms with Gasteiger partial charge in [-0.15, -0.1) is 5.10 Å². The lowest BCUT2D eigenvalue weighted by Gasteiger charge is -2.28. The average molecular weight is 305 g/mol. The van der Waals surface area contributed by atoms with Gasteiger partial charge in [0, 0.05) is 29.7 Å². The minimum atomic E-state index is 0.379. The summed E-state index contributed by atoms with van der Waals surface area (Å²) in [4.78, 5) is 4.63. The Morgan fingerprint density at radius 1 is 1.33 bits per heavy atom. The Hall–Kier alpha value is -1.59. The van der Waals surface area contributed by atoms with Crippen molar-refractivity contribution in [2.45, 2.75) is 18.9 Å². The highest BCUT2D eigenvalue weighted by Gasteiger charge is 2.32. The lowest BCUT2D eigenvalue weighted by atomic mass is 9.95. The van der Waals surface area contributed by atoms with Crippen molar-refractivity contribution in [1.82, 2.24) is 14.8 Å². The number of anilines is 1. The van der Waals surface area contributed by atoms with Gasteiger partial charge < -0.3 is 10.1 Å². The van der Waals surface area contributed by atoms with E-state index in [0.717, 1.165) is 49.9 Å². The van der Waals surface area contributed by atoms with Gasteiger partial charge in [-0.25, -0.2) is 4.68 Å². The summed E-state index contributed by atoms with van der Waals surface area (Å²) >= 11 is 6.06. The smallest absolute Gasteiger partial charge is 0.221 e. The first kappa shape index (κ1) is 13.1. The monoisotopic (exact) mass is 304 g/mol. The molecule has 2 aliphatic heterocycles. The van der Waals surface area contributed by atoms with Gasteiger partial charge in [0.25, 0.3) is 0 Å². The highest BCUT2D eigenvalue weighted by Crippen LogP contribution is 2.34. The second-order valence-corrected chi connectivity index (χ2v) is 6.06. The van der Waals surface area contributed by atoms with E-state index < -0.39 is 0 Å². The summed E-state index contributed by atoms with van der Waals surface area (Å²) in [5, 5.41) is 8.76. The van der Waals surface area contributed by atoms with E-state index in [4.69, 9.17) is 21.4 Å². The van der Waals surface area contributed by atoms with Gasteiger partial charge in [0.05, 0.1) is 12.6 Å². The fraction of sp³-hybridized carbons (Fsp3) is 0.467. The maximum Gasteiger partial charge on any atom is 0.221 e. The van der Waals surface area contributed by atoms with Gasteiger partial charge >= 0.3 is 0 Å². The van der Waals surface area contributed by atoms with Crippen molar-refractivity contribution >= 4 is 17.5 Å². The predicted octanol–water partition coefficient (Wildman–Crippen LogP) is 2.99. The Morgan fingerprint density at radius 2 is 2.29 bits per heavy atom. The summed E-state index contributed by atoms with van der Waals surface area (Å²) in [7, 11) is 0. The van der Waals surface area contributed by atoms with Gasteiger partial charge in [-0.3, -0.25) is 0 Å². The Kier molecular flexibility index (Phi) is 3.31. The standard InChI is InChI=1S/C15H17ClN4O/c16-12-3-1-2-10(8-12)14-18-15-17-6-4-13(20(15)19-14)11-5-7-21-9-11/h1-3,8,11,13H,4-7,9H2,(H,17,18,19). The van der Waals surface area contributed by atoms with Crippen molar-refractivity contribution in [1.29, 1.82) is 0 Å². The largest absolute Gasteiger partial charge is 0.381 e. The summed E-state index contributed by atoms with van der Waals surface area (Å²) in [6, 6.07) is 8.05. The minimum Gasteiger partial charge on any atom is -0.381 e. The number of hydrogen-bond acceptors (Lipinski definition) is 4. The molecule has 0 spiro atoms. The summed E-state index contributed by atoms with van der Waals surface area (Å²) < 4.78 is 7.57. The molecule has 5 nitrogen and oxygen atoms in total. The molecular weight excluding hydrogens is 288 g/mol. The number of halogens is 1. The zero-order chi connectivity index (χ0) is 14.2. The molecule has 21 heavy (non-hydrogen) atoms. The van der Waals surface area contributed by atoms with Crippen molar-refractivity contribution in [3.63, 3.8) is 0 Å². The third-order valence-corrected chi connectivity index (χ3v) is 4.50. The molecule has 0 saturated carbocycles. The van der Waals surface area contributed by atoms with Crippen LogP contribution in [0.3, 0.4) is 0 Å². The molecule has 2 aromatic rings. The van der Waals surface area contributed by atoms with Gasteiger partial charge in [0.2, 0.25) is 5.95 Å². The summed E-state index contributed by atoms with van der Waals surface area (Å²) in [5.41, 5.74) is 0.952. The topological polar surface area (TPSA) is 52.0 Å². The third-order valence-electron chi connectivity index (χ3n) is 4.26. The van der Waals surface area contributed by atoms with Crippen molar-refractivity contribution in [2.24, 2.45) is 5.92 Å². The zero-order valence-electron chi connectivity index (χ0n) is 11.6. The van der Waals surface area contributed by atoms with Crippen LogP contribution in [0.1, 0.15) is 18.9 Å². The molecular formula is C15H17ClN4O. The van der Waals surface area contributed by atoms with Crippen LogP contribution in [0.25, 0.3) is 11.4 Å². The predicted molar refractivity (Wildman–Crippen MR) is 81.5 cm³/mol. The van der Waals surface area contributed by atoms with Gasteiger partial charge in [0.15, 0.2) is 5.82 Å². The first-order valence-electron chi connectivity index (χ1n) is 7.35. The average Bonchev–Trinajstić information content (AvgIpc) is 3.16. The van der Waals surface area contributed by atoms with Crippen molar-refractivity contribution in [2.75, 3.05) is 25.1 Å². The number of nitrogens with one attached hydrogen (secondary N) is 1. The number of nitrogens with zero attached hydrogens (tertiary/aromatic N) is 3. The molecule has 3 heterocycles. The Bertz CT molecular complexity index is 651. The molecule has 0 aliphatic carbocycles. The fourth-order valence-electron chi connectivity index (χ4n) is 3.17.